The van der Waals surface area contributed by atoms with E-state index in [0.29, 0.717) is 5.54 Å². The average Bonchev–Trinajstić information content (AvgIpc) is 3.26. The number of aryl methyl sites for hydroxylation is 1. The number of nitrogens with one attached hydrogen (secondary N) is 1. The van der Waals surface area contributed by atoms with Crippen molar-refractivity contribution in [1.82, 2.24) is 19.8 Å². The molecule has 1 aromatic rings. The maximum atomic E-state index is 5.88. The van der Waals surface area contributed by atoms with Crippen LogP contribution in [0.1, 0.15) is 37.1 Å². The Balaban J connectivity index is 1.37. The van der Waals surface area contributed by atoms with E-state index in [4.69, 9.17) is 4.74 Å². The van der Waals surface area contributed by atoms with Crippen molar-refractivity contribution in [3.8, 4) is 0 Å². The van der Waals surface area contributed by atoms with Gasteiger partial charge in [0, 0.05) is 44.0 Å². The third-order valence-electron chi connectivity index (χ3n) is 5.82. The number of ether oxygens (including phenoxy) is 1. The van der Waals surface area contributed by atoms with Crippen LogP contribution in [0, 0.1) is 12.8 Å². The second-order valence-electron chi connectivity index (χ2n) is 7.42. The predicted molar refractivity (Wildman–Crippen MR) is 85.7 cm³/mol. The fourth-order valence-corrected chi connectivity index (χ4v) is 4.01. The Morgan fingerprint density at radius 1 is 1.32 bits per heavy atom. The molecule has 1 saturated carbocycles. The van der Waals surface area contributed by atoms with Crippen molar-refractivity contribution in [2.24, 2.45) is 5.92 Å². The Morgan fingerprint density at radius 2 is 2.14 bits per heavy atom. The lowest BCUT2D eigenvalue weighted by atomic mass is 9.85. The van der Waals surface area contributed by atoms with E-state index >= 15 is 0 Å². The monoisotopic (exact) mass is 304 g/mol. The lowest BCUT2D eigenvalue weighted by molar-refractivity contribution is -0.0971. The minimum Gasteiger partial charge on any atom is -0.378 e. The minimum absolute atomic E-state index is 0.317. The van der Waals surface area contributed by atoms with Gasteiger partial charge in [-0.25, -0.2) is 4.98 Å². The molecule has 0 radical (unpaired) electrons. The highest BCUT2D eigenvalue weighted by molar-refractivity contribution is 5.09. The van der Waals surface area contributed by atoms with Crippen molar-refractivity contribution >= 4 is 0 Å². The summed E-state index contributed by atoms with van der Waals surface area (Å²) in [6, 6.07) is 0. The van der Waals surface area contributed by atoms with Crippen LogP contribution in [0.4, 0.5) is 0 Å². The number of imidazole rings is 1. The molecule has 1 spiro atoms. The summed E-state index contributed by atoms with van der Waals surface area (Å²) < 4.78 is 5.88. The highest BCUT2D eigenvalue weighted by atomic mass is 16.5. The summed E-state index contributed by atoms with van der Waals surface area (Å²) in [4.78, 5) is 13.0. The molecular weight excluding hydrogens is 276 g/mol. The molecule has 0 unspecified atom stereocenters. The molecule has 5 nitrogen and oxygen atoms in total. The van der Waals surface area contributed by atoms with Crippen molar-refractivity contribution in [3.05, 3.63) is 17.7 Å². The van der Waals surface area contributed by atoms with E-state index in [1.807, 2.05) is 6.33 Å². The van der Waals surface area contributed by atoms with Gasteiger partial charge in [0.25, 0.3) is 0 Å². The van der Waals surface area contributed by atoms with Crippen molar-refractivity contribution in [1.29, 1.82) is 0 Å². The molecule has 4 rings (SSSR count). The molecular formula is C17H28N4O. The quantitative estimate of drug-likeness (QED) is 0.921. The van der Waals surface area contributed by atoms with Gasteiger partial charge in [-0.15, -0.1) is 0 Å². The molecule has 3 heterocycles. The molecule has 1 N–H and O–H groups in total. The lowest BCUT2D eigenvalue weighted by Gasteiger charge is -2.51. The number of hydrogen-bond donors (Lipinski definition) is 1. The minimum atomic E-state index is 0.317. The summed E-state index contributed by atoms with van der Waals surface area (Å²) in [7, 11) is 0. The number of aromatic amines is 1. The first kappa shape index (κ1) is 14.7. The van der Waals surface area contributed by atoms with Crippen LogP contribution >= 0.6 is 0 Å². The van der Waals surface area contributed by atoms with Gasteiger partial charge in [0.15, 0.2) is 0 Å². The first-order valence-corrected chi connectivity index (χ1v) is 8.79. The highest BCUT2D eigenvalue weighted by Crippen LogP contribution is 2.37. The zero-order valence-electron chi connectivity index (χ0n) is 13.7. The predicted octanol–water partition coefficient (Wildman–Crippen LogP) is 1.79. The van der Waals surface area contributed by atoms with Crippen molar-refractivity contribution < 1.29 is 4.74 Å². The summed E-state index contributed by atoms with van der Waals surface area (Å²) >= 11 is 0. The fourth-order valence-electron chi connectivity index (χ4n) is 4.01. The van der Waals surface area contributed by atoms with Gasteiger partial charge in [-0.3, -0.25) is 9.80 Å². The lowest BCUT2D eigenvalue weighted by Crippen LogP contribution is -2.61. The maximum Gasteiger partial charge on any atom is 0.0925 e. The van der Waals surface area contributed by atoms with E-state index in [2.05, 4.69) is 26.7 Å². The Labute approximate surface area is 133 Å². The Hall–Kier alpha value is -0.910. The molecule has 5 heteroatoms. The third-order valence-corrected chi connectivity index (χ3v) is 5.82. The zero-order valence-corrected chi connectivity index (χ0v) is 13.7. The summed E-state index contributed by atoms with van der Waals surface area (Å²) in [5.41, 5.74) is 2.72. The molecule has 0 bridgehead atoms. The summed E-state index contributed by atoms with van der Waals surface area (Å²) in [6.07, 6.45) is 7.17. The van der Waals surface area contributed by atoms with Gasteiger partial charge < -0.3 is 9.72 Å². The van der Waals surface area contributed by atoms with Gasteiger partial charge in [0.2, 0.25) is 0 Å². The summed E-state index contributed by atoms with van der Waals surface area (Å²) in [5.74, 6) is 0.972. The number of H-pyrrole nitrogens is 1. The van der Waals surface area contributed by atoms with Crippen LogP contribution in [-0.4, -0.2) is 64.7 Å². The number of likely N-dealkylation sites (tertiary alicyclic amines) is 1. The van der Waals surface area contributed by atoms with Crippen molar-refractivity contribution in [3.63, 3.8) is 0 Å². The zero-order chi connectivity index (χ0) is 15.0. The van der Waals surface area contributed by atoms with Crippen LogP contribution in [-0.2, 0) is 11.3 Å². The highest BCUT2D eigenvalue weighted by Gasteiger charge is 2.43. The molecule has 0 amide bonds. The number of morpholine rings is 1. The molecule has 0 aromatic carbocycles. The molecule has 122 valence electrons. The molecule has 3 fully saturated rings. The molecule has 0 atom stereocenters. The van der Waals surface area contributed by atoms with Gasteiger partial charge >= 0.3 is 0 Å². The largest absolute Gasteiger partial charge is 0.378 e. The first-order valence-electron chi connectivity index (χ1n) is 8.79. The number of piperidine rings is 1. The van der Waals surface area contributed by atoms with Gasteiger partial charge in [-0.2, -0.15) is 0 Å². The van der Waals surface area contributed by atoms with Crippen LogP contribution in [0.15, 0.2) is 6.33 Å². The first-order chi connectivity index (χ1) is 10.8. The fraction of sp³-hybridized carbons (Fsp3) is 0.824. The van der Waals surface area contributed by atoms with Gasteiger partial charge in [0.05, 0.1) is 25.2 Å². The van der Waals surface area contributed by atoms with Gasteiger partial charge in [-0.05, 0) is 38.5 Å². The number of rotatable bonds is 4. The Morgan fingerprint density at radius 3 is 2.82 bits per heavy atom. The van der Waals surface area contributed by atoms with E-state index in [0.717, 1.165) is 45.3 Å². The second-order valence-corrected chi connectivity index (χ2v) is 7.42. The van der Waals surface area contributed by atoms with Crippen LogP contribution in [0.3, 0.4) is 0 Å². The molecule has 2 saturated heterocycles. The van der Waals surface area contributed by atoms with Gasteiger partial charge in [-0.1, -0.05) is 0 Å². The Kier molecular flexibility index (Phi) is 3.96. The average molecular weight is 304 g/mol. The maximum absolute atomic E-state index is 5.88. The standard InChI is InChI=1S/C17H28N4O/c1-14-16(19-13-18-14)11-20-6-4-17(5-7-20)12-22-9-8-21(17)10-15-2-3-15/h13,15H,2-12H2,1H3,(H,18,19). The van der Waals surface area contributed by atoms with E-state index < -0.39 is 0 Å². The van der Waals surface area contributed by atoms with Crippen LogP contribution in [0.2, 0.25) is 0 Å². The molecule has 3 aliphatic rings. The van der Waals surface area contributed by atoms with E-state index in [-0.39, 0.29) is 0 Å². The van der Waals surface area contributed by atoms with Crippen LogP contribution in [0.5, 0.6) is 0 Å². The second kappa shape index (κ2) is 5.95. The number of nitrogens with zero attached hydrogens (tertiary/aromatic N) is 3. The summed E-state index contributed by atoms with van der Waals surface area (Å²) in [6.45, 7) is 9.72. The number of hydrogen-bond acceptors (Lipinski definition) is 4. The molecule has 22 heavy (non-hydrogen) atoms. The summed E-state index contributed by atoms with van der Waals surface area (Å²) in [5, 5.41) is 0. The van der Waals surface area contributed by atoms with Crippen molar-refractivity contribution in [2.75, 3.05) is 39.4 Å². The van der Waals surface area contributed by atoms with Crippen molar-refractivity contribution in [2.45, 2.75) is 44.7 Å². The SMILES string of the molecule is Cc1[nH]cnc1CN1CCC2(CC1)COCCN2CC1CC1. The molecule has 1 aliphatic carbocycles. The third kappa shape index (κ3) is 2.94. The topological polar surface area (TPSA) is 44.4 Å². The van der Waals surface area contributed by atoms with E-state index in [1.165, 1.54) is 43.6 Å². The normalized spacial score (nSPS) is 26.6. The number of aromatic nitrogens is 2. The smallest absolute Gasteiger partial charge is 0.0925 e. The Bertz CT molecular complexity index is 503. The van der Waals surface area contributed by atoms with Crippen LogP contribution in [0.25, 0.3) is 0 Å². The van der Waals surface area contributed by atoms with E-state index in [1.54, 1.807) is 0 Å². The molecule has 2 aliphatic heterocycles. The van der Waals surface area contributed by atoms with Gasteiger partial charge in [0.1, 0.15) is 0 Å². The van der Waals surface area contributed by atoms with E-state index in [9.17, 15) is 0 Å². The van der Waals surface area contributed by atoms with Crippen LogP contribution < -0.4 is 0 Å². The molecule has 1 aromatic heterocycles.